The highest BCUT2D eigenvalue weighted by Gasteiger charge is 2.40. The number of hydrogen-bond acceptors (Lipinski definition) is 3. The van der Waals surface area contributed by atoms with Crippen LogP contribution in [-0.4, -0.2) is 11.8 Å². The summed E-state index contributed by atoms with van der Waals surface area (Å²) < 4.78 is 13.5. The summed E-state index contributed by atoms with van der Waals surface area (Å²) in [4.78, 5) is 28.0. The van der Waals surface area contributed by atoms with E-state index in [1.54, 1.807) is 12.1 Å². The fourth-order valence-electron chi connectivity index (χ4n) is 3.84. The highest BCUT2D eigenvalue weighted by Crippen LogP contribution is 2.34. The molecule has 0 saturated heterocycles. The van der Waals surface area contributed by atoms with Crippen molar-refractivity contribution in [3.05, 3.63) is 100 Å². The van der Waals surface area contributed by atoms with Gasteiger partial charge in [0.1, 0.15) is 11.5 Å². The maximum Gasteiger partial charge on any atom is 0.282 e. The van der Waals surface area contributed by atoms with Gasteiger partial charge in [-0.2, -0.15) is 0 Å². The minimum Gasteiger partial charge on any atom is -0.350 e. The van der Waals surface area contributed by atoms with Crippen molar-refractivity contribution >= 4 is 28.8 Å². The second kappa shape index (κ2) is 8.19. The van der Waals surface area contributed by atoms with E-state index in [2.05, 4.69) is 5.32 Å². The van der Waals surface area contributed by atoms with Gasteiger partial charge in [0.25, 0.3) is 11.8 Å². The van der Waals surface area contributed by atoms with Crippen LogP contribution in [-0.2, 0) is 16.0 Å². The largest absolute Gasteiger partial charge is 0.350 e. The smallest absolute Gasteiger partial charge is 0.282 e. The third kappa shape index (κ3) is 3.99. The van der Waals surface area contributed by atoms with Crippen molar-refractivity contribution in [2.75, 3.05) is 10.2 Å². The van der Waals surface area contributed by atoms with Gasteiger partial charge in [0, 0.05) is 5.69 Å². The number of halogens is 1. The lowest BCUT2D eigenvalue weighted by atomic mass is 10.0. The van der Waals surface area contributed by atoms with E-state index in [1.807, 2.05) is 51.1 Å². The number of imide groups is 1. The lowest BCUT2D eigenvalue weighted by Crippen LogP contribution is -2.32. The lowest BCUT2D eigenvalue weighted by Gasteiger charge is -2.16. The molecule has 4 nitrogen and oxygen atoms in total. The highest BCUT2D eigenvalue weighted by atomic mass is 19.1. The summed E-state index contributed by atoms with van der Waals surface area (Å²) in [6.07, 6.45) is 0.862. The Kier molecular flexibility index (Phi) is 5.42. The van der Waals surface area contributed by atoms with Crippen LogP contribution in [0.25, 0.3) is 5.57 Å². The van der Waals surface area contributed by atoms with Gasteiger partial charge in [0.2, 0.25) is 0 Å². The third-order valence-corrected chi connectivity index (χ3v) is 5.31. The predicted octanol–water partition coefficient (Wildman–Crippen LogP) is 5.40. The predicted molar refractivity (Wildman–Crippen MR) is 121 cm³/mol. The Labute approximate surface area is 181 Å². The number of benzene rings is 3. The average Bonchev–Trinajstić information content (AvgIpc) is 2.98. The van der Waals surface area contributed by atoms with Crippen LogP contribution >= 0.6 is 0 Å². The van der Waals surface area contributed by atoms with Gasteiger partial charge in [0.05, 0.1) is 11.3 Å². The zero-order chi connectivity index (χ0) is 22.1. The lowest BCUT2D eigenvalue weighted by molar-refractivity contribution is -0.120. The van der Waals surface area contributed by atoms with E-state index in [4.69, 9.17) is 0 Å². The van der Waals surface area contributed by atoms with E-state index >= 15 is 0 Å². The van der Waals surface area contributed by atoms with Crippen LogP contribution in [0.3, 0.4) is 0 Å². The Bertz CT molecular complexity index is 1170. The molecule has 5 heteroatoms. The molecule has 1 N–H and O–H groups in total. The number of aryl methyl sites for hydroxylation is 3. The number of rotatable bonds is 5. The molecule has 0 saturated carbocycles. The van der Waals surface area contributed by atoms with Crippen LogP contribution in [0.1, 0.15) is 29.2 Å². The van der Waals surface area contributed by atoms with E-state index in [0.29, 0.717) is 11.3 Å². The van der Waals surface area contributed by atoms with Crippen LogP contribution in [0.15, 0.2) is 72.4 Å². The Balaban J connectivity index is 1.81. The van der Waals surface area contributed by atoms with Gasteiger partial charge < -0.3 is 5.32 Å². The zero-order valence-corrected chi connectivity index (χ0v) is 17.7. The van der Waals surface area contributed by atoms with Crippen molar-refractivity contribution in [3.8, 4) is 0 Å². The Morgan fingerprint density at radius 2 is 1.45 bits per heavy atom. The van der Waals surface area contributed by atoms with Gasteiger partial charge in [-0.25, -0.2) is 9.29 Å². The van der Waals surface area contributed by atoms with Gasteiger partial charge in [-0.1, -0.05) is 37.3 Å². The first kappa shape index (κ1) is 20.5. The first-order valence-electron chi connectivity index (χ1n) is 10.2. The molecule has 1 aliphatic rings. The summed E-state index contributed by atoms with van der Waals surface area (Å²) in [7, 11) is 0. The SMILES string of the molecule is CCc1ccc(N2C(=O)C(Nc3cc(C)cc(C)c3)=C(c3ccc(F)cc3)C2=O)cc1. The van der Waals surface area contributed by atoms with Crippen LogP contribution in [0.4, 0.5) is 15.8 Å². The van der Waals surface area contributed by atoms with Crippen molar-refractivity contribution in [1.29, 1.82) is 0 Å². The van der Waals surface area contributed by atoms with Gasteiger partial charge in [-0.15, -0.1) is 0 Å². The van der Waals surface area contributed by atoms with Gasteiger partial charge in [-0.05, 0) is 78.9 Å². The molecule has 0 radical (unpaired) electrons. The van der Waals surface area contributed by atoms with Gasteiger partial charge in [0.15, 0.2) is 0 Å². The number of nitrogens with zero attached hydrogens (tertiary/aromatic N) is 1. The molecule has 3 aromatic rings. The van der Waals surface area contributed by atoms with E-state index in [-0.39, 0.29) is 11.3 Å². The quantitative estimate of drug-likeness (QED) is 0.569. The standard InChI is InChI=1S/C26H23FN2O2/c1-4-18-5-11-22(12-6-18)29-25(30)23(19-7-9-20(27)10-8-19)24(26(29)31)28-21-14-16(2)13-17(3)15-21/h5-15,28H,4H2,1-3H3. The summed E-state index contributed by atoms with van der Waals surface area (Å²) in [5.41, 5.74) is 5.30. The fraction of sp³-hybridized carbons (Fsp3) is 0.154. The van der Waals surface area contributed by atoms with E-state index in [1.165, 1.54) is 29.2 Å². The second-order valence-corrected chi connectivity index (χ2v) is 7.72. The van der Waals surface area contributed by atoms with Crippen molar-refractivity contribution in [2.24, 2.45) is 0 Å². The molecule has 0 bridgehead atoms. The van der Waals surface area contributed by atoms with E-state index in [0.717, 1.165) is 28.8 Å². The van der Waals surface area contributed by atoms with E-state index in [9.17, 15) is 14.0 Å². The number of carbonyl (C=O) groups excluding carboxylic acids is 2. The molecule has 156 valence electrons. The summed E-state index contributed by atoms with van der Waals surface area (Å²) >= 11 is 0. The topological polar surface area (TPSA) is 49.4 Å². The third-order valence-electron chi connectivity index (χ3n) is 5.31. The average molecular weight is 414 g/mol. The molecule has 0 fully saturated rings. The van der Waals surface area contributed by atoms with Crippen molar-refractivity contribution in [3.63, 3.8) is 0 Å². The van der Waals surface area contributed by atoms with E-state index < -0.39 is 17.6 Å². The summed E-state index contributed by atoms with van der Waals surface area (Å²) in [5.74, 6) is -1.28. The Morgan fingerprint density at radius 3 is 2.03 bits per heavy atom. The molecule has 0 aromatic heterocycles. The molecule has 2 amide bonds. The minimum absolute atomic E-state index is 0.182. The molecule has 3 aromatic carbocycles. The molecule has 1 heterocycles. The van der Waals surface area contributed by atoms with Gasteiger partial charge >= 0.3 is 0 Å². The van der Waals surface area contributed by atoms with Crippen LogP contribution in [0.2, 0.25) is 0 Å². The summed E-state index contributed by atoms with van der Waals surface area (Å²) in [6, 6.07) is 18.8. The maximum absolute atomic E-state index is 13.5. The number of hydrogen-bond donors (Lipinski definition) is 1. The van der Waals surface area contributed by atoms with Gasteiger partial charge in [-0.3, -0.25) is 9.59 Å². The molecule has 0 aliphatic carbocycles. The van der Waals surface area contributed by atoms with Crippen LogP contribution in [0, 0.1) is 19.7 Å². The first-order valence-corrected chi connectivity index (χ1v) is 10.2. The molecule has 1 aliphatic heterocycles. The molecule has 0 atom stereocenters. The molecule has 31 heavy (non-hydrogen) atoms. The molecular weight excluding hydrogens is 391 g/mol. The molecule has 0 unspecified atom stereocenters. The molecule has 4 rings (SSSR count). The second-order valence-electron chi connectivity index (χ2n) is 7.72. The minimum atomic E-state index is -0.437. The monoisotopic (exact) mass is 414 g/mol. The summed E-state index contributed by atoms with van der Waals surface area (Å²) in [5, 5.41) is 3.16. The molecule has 0 spiro atoms. The number of amides is 2. The normalized spacial score (nSPS) is 13.9. The number of carbonyl (C=O) groups is 2. The zero-order valence-electron chi connectivity index (χ0n) is 17.7. The maximum atomic E-state index is 13.5. The number of nitrogens with one attached hydrogen (secondary N) is 1. The molecular formula is C26H23FN2O2. The fourth-order valence-corrected chi connectivity index (χ4v) is 3.84. The van der Waals surface area contributed by atoms with Crippen LogP contribution in [0.5, 0.6) is 0 Å². The van der Waals surface area contributed by atoms with Crippen molar-refractivity contribution < 1.29 is 14.0 Å². The van der Waals surface area contributed by atoms with Crippen molar-refractivity contribution in [1.82, 2.24) is 0 Å². The number of anilines is 2. The first-order chi connectivity index (χ1) is 14.9. The Hall–Kier alpha value is -3.73. The van der Waals surface area contributed by atoms with Crippen LogP contribution < -0.4 is 10.2 Å². The Morgan fingerprint density at radius 1 is 0.839 bits per heavy atom. The highest BCUT2D eigenvalue weighted by molar-refractivity contribution is 6.46. The van der Waals surface area contributed by atoms with Crippen molar-refractivity contribution in [2.45, 2.75) is 27.2 Å². The summed E-state index contributed by atoms with van der Waals surface area (Å²) in [6.45, 7) is 5.98.